The van der Waals surface area contributed by atoms with Crippen molar-refractivity contribution in [2.24, 2.45) is 5.41 Å². The molecule has 8 heteroatoms. The Morgan fingerprint density at radius 1 is 1.06 bits per heavy atom. The average Bonchev–Trinajstić information content (AvgIpc) is 3.26. The number of anilines is 1. The van der Waals surface area contributed by atoms with Gasteiger partial charge in [0.15, 0.2) is 5.65 Å². The summed E-state index contributed by atoms with van der Waals surface area (Å²) in [5.74, 6) is 3.04. The van der Waals surface area contributed by atoms with Crippen molar-refractivity contribution in [2.45, 2.75) is 76.7 Å². The predicted octanol–water partition coefficient (Wildman–Crippen LogP) is 6.20. The van der Waals surface area contributed by atoms with Crippen molar-refractivity contribution in [2.75, 3.05) is 5.32 Å². The lowest BCUT2D eigenvalue weighted by Crippen LogP contribution is -2.70. The van der Waals surface area contributed by atoms with Crippen LogP contribution >= 0.6 is 0 Å². The molecule has 4 saturated carbocycles. The SMILES string of the molecule is Cc1cc(/C=C/C#N)cc(C)c1Oc1nc(NC23CC(C#N)(C2)C3)nc2nc(C3CCCCC3)[nH]c12. The number of allylic oxidation sites excluding steroid dienone is 1. The number of aryl methyl sites for hydroxylation is 2. The number of ether oxygens (including phenoxy) is 1. The fraction of sp³-hybridized carbons (Fsp3) is 0.464. The smallest absolute Gasteiger partial charge is 0.250 e. The van der Waals surface area contributed by atoms with Crippen LogP contribution in [0.5, 0.6) is 11.6 Å². The number of hydrogen-bond donors (Lipinski definition) is 2. The summed E-state index contributed by atoms with van der Waals surface area (Å²) >= 11 is 0. The number of nitrogens with zero attached hydrogens (tertiary/aromatic N) is 5. The maximum atomic E-state index is 9.40. The maximum Gasteiger partial charge on any atom is 0.250 e. The summed E-state index contributed by atoms with van der Waals surface area (Å²) in [5, 5.41) is 21.8. The van der Waals surface area contributed by atoms with Crippen LogP contribution in [0.3, 0.4) is 0 Å². The Morgan fingerprint density at radius 2 is 1.78 bits per heavy atom. The topological polar surface area (TPSA) is 123 Å². The lowest BCUT2D eigenvalue weighted by molar-refractivity contribution is -0.0665. The number of fused-ring (bicyclic) bond motifs is 1. The summed E-state index contributed by atoms with van der Waals surface area (Å²) in [4.78, 5) is 17.9. The Balaban J connectivity index is 1.37. The number of rotatable bonds is 6. The number of nitriles is 2. The van der Waals surface area contributed by atoms with Crippen molar-refractivity contribution >= 4 is 23.2 Å². The fourth-order valence-corrected chi connectivity index (χ4v) is 6.34. The molecule has 0 saturated heterocycles. The highest BCUT2D eigenvalue weighted by Crippen LogP contribution is 2.67. The predicted molar refractivity (Wildman–Crippen MR) is 136 cm³/mol. The molecule has 0 amide bonds. The molecule has 0 radical (unpaired) electrons. The third-order valence-electron chi connectivity index (χ3n) is 8.00. The van der Waals surface area contributed by atoms with E-state index in [1.165, 1.54) is 25.3 Å². The second-order valence-corrected chi connectivity index (χ2v) is 10.9. The third-order valence-corrected chi connectivity index (χ3v) is 8.00. The van der Waals surface area contributed by atoms with Crippen molar-refractivity contribution in [1.29, 1.82) is 10.5 Å². The zero-order valence-electron chi connectivity index (χ0n) is 20.7. The van der Waals surface area contributed by atoms with Crippen LogP contribution < -0.4 is 10.1 Å². The molecule has 4 fully saturated rings. The summed E-state index contributed by atoms with van der Waals surface area (Å²) in [6, 6.07) is 8.48. The van der Waals surface area contributed by atoms with Crippen LogP contribution in [-0.4, -0.2) is 25.5 Å². The Hall–Kier alpha value is -3.91. The molecule has 0 spiro atoms. The van der Waals surface area contributed by atoms with E-state index in [0.717, 1.165) is 60.4 Å². The molecule has 8 nitrogen and oxygen atoms in total. The standard InChI is InChI=1S/C28H29N7O/c1-17-11-19(7-6-10-29)12-18(2)22(17)36-25-21-24(32-23(31-21)20-8-4-3-5-9-20)33-26(34-25)35-28-13-27(14-28,15-28)16-30/h6-7,11-12,20H,3-5,8-9,13-15H2,1-2H3,(H2,31,32,33,34,35)/b7-6+. The third kappa shape index (κ3) is 3.78. The van der Waals surface area contributed by atoms with Gasteiger partial charge in [0.25, 0.3) is 5.88 Å². The number of nitrogens with one attached hydrogen (secondary N) is 2. The van der Waals surface area contributed by atoms with Crippen molar-refractivity contribution in [3.63, 3.8) is 0 Å². The molecule has 0 unspecified atom stereocenters. The van der Waals surface area contributed by atoms with E-state index in [-0.39, 0.29) is 11.0 Å². The van der Waals surface area contributed by atoms with Crippen LogP contribution in [0.1, 0.15) is 79.8 Å². The number of H-pyrrole nitrogens is 1. The highest BCUT2D eigenvalue weighted by Gasteiger charge is 2.69. The van der Waals surface area contributed by atoms with Gasteiger partial charge in [-0.2, -0.15) is 20.5 Å². The summed E-state index contributed by atoms with van der Waals surface area (Å²) < 4.78 is 6.47. The van der Waals surface area contributed by atoms with E-state index >= 15 is 0 Å². The van der Waals surface area contributed by atoms with Gasteiger partial charge in [0, 0.05) is 17.5 Å². The molecule has 2 N–H and O–H groups in total. The number of aromatic nitrogens is 4. The summed E-state index contributed by atoms with van der Waals surface area (Å²) in [7, 11) is 0. The van der Waals surface area contributed by atoms with E-state index in [4.69, 9.17) is 25.0 Å². The number of benzene rings is 1. The number of aromatic amines is 1. The molecule has 2 aromatic heterocycles. The van der Waals surface area contributed by atoms with Crippen molar-refractivity contribution < 1.29 is 4.74 Å². The zero-order chi connectivity index (χ0) is 24.9. The number of imidazole rings is 1. The van der Waals surface area contributed by atoms with Gasteiger partial charge < -0.3 is 15.0 Å². The normalized spacial score (nSPS) is 25.1. The quantitative estimate of drug-likeness (QED) is 0.403. The Bertz CT molecular complexity index is 1420. The molecule has 36 heavy (non-hydrogen) atoms. The monoisotopic (exact) mass is 479 g/mol. The van der Waals surface area contributed by atoms with Crippen molar-refractivity contribution in [3.05, 3.63) is 40.7 Å². The number of hydrogen-bond acceptors (Lipinski definition) is 7. The molecule has 2 bridgehead atoms. The molecular weight excluding hydrogens is 450 g/mol. The van der Waals surface area contributed by atoms with Gasteiger partial charge in [-0.3, -0.25) is 0 Å². The first-order valence-corrected chi connectivity index (χ1v) is 12.7. The lowest BCUT2D eigenvalue weighted by Gasteiger charge is -2.66. The highest BCUT2D eigenvalue weighted by atomic mass is 16.5. The Morgan fingerprint density at radius 3 is 2.44 bits per heavy atom. The minimum atomic E-state index is -0.160. The van der Waals surface area contributed by atoms with Gasteiger partial charge in [0.2, 0.25) is 5.95 Å². The lowest BCUT2D eigenvalue weighted by atomic mass is 9.40. The molecule has 182 valence electrons. The second kappa shape index (κ2) is 8.34. The molecule has 0 atom stereocenters. The van der Waals surface area contributed by atoms with E-state index in [1.807, 2.05) is 32.0 Å². The minimum Gasteiger partial charge on any atom is -0.436 e. The highest BCUT2D eigenvalue weighted by molar-refractivity contribution is 5.78. The fourth-order valence-electron chi connectivity index (χ4n) is 6.34. The van der Waals surface area contributed by atoms with Crippen LogP contribution in [0.25, 0.3) is 17.2 Å². The van der Waals surface area contributed by atoms with Crippen LogP contribution in [0.4, 0.5) is 5.95 Å². The first kappa shape index (κ1) is 22.5. The van der Waals surface area contributed by atoms with Gasteiger partial charge in [0.1, 0.15) is 17.1 Å². The summed E-state index contributed by atoms with van der Waals surface area (Å²) in [6.45, 7) is 3.99. The molecule has 1 aromatic carbocycles. The zero-order valence-corrected chi connectivity index (χ0v) is 20.7. The summed E-state index contributed by atoms with van der Waals surface area (Å²) in [5.41, 5.74) is 3.92. The van der Waals surface area contributed by atoms with E-state index in [2.05, 4.69) is 16.4 Å². The van der Waals surface area contributed by atoms with Crippen LogP contribution in [-0.2, 0) is 0 Å². The van der Waals surface area contributed by atoms with Gasteiger partial charge in [-0.05, 0) is 80.9 Å². The average molecular weight is 480 g/mol. The second-order valence-electron chi connectivity index (χ2n) is 10.9. The largest absolute Gasteiger partial charge is 0.436 e. The summed E-state index contributed by atoms with van der Waals surface area (Å²) in [6.07, 6.45) is 11.7. The molecular formula is C28H29N7O. The van der Waals surface area contributed by atoms with Gasteiger partial charge in [-0.15, -0.1) is 0 Å². The maximum absolute atomic E-state index is 9.40. The van der Waals surface area contributed by atoms with E-state index < -0.39 is 0 Å². The van der Waals surface area contributed by atoms with Gasteiger partial charge in [-0.25, -0.2) is 4.98 Å². The van der Waals surface area contributed by atoms with Crippen molar-refractivity contribution in [1.82, 2.24) is 19.9 Å². The van der Waals surface area contributed by atoms with Gasteiger partial charge in [0.05, 0.1) is 17.6 Å². The van der Waals surface area contributed by atoms with Gasteiger partial charge in [-0.1, -0.05) is 19.3 Å². The van der Waals surface area contributed by atoms with Crippen LogP contribution in [0, 0.1) is 41.9 Å². The molecule has 4 aliphatic carbocycles. The molecule has 0 aliphatic heterocycles. The van der Waals surface area contributed by atoms with Crippen molar-refractivity contribution in [3.8, 4) is 23.8 Å². The molecule has 3 aromatic rings. The molecule has 4 aliphatic rings. The van der Waals surface area contributed by atoms with Crippen LogP contribution in [0.15, 0.2) is 18.2 Å². The Labute approximate surface area is 210 Å². The minimum absolute atomic E-state index is 0.0935. The van der Waals surface area contributed by atoms with E-state index in [9.17, 15) is 5.26 Å². The van der Waals surface area contributed by atoms with E-state index in [1.54, 1.807) is 6.08 Å². The van der Waals surface area contributed by atoms with Gasteiger partial charge >= 0.3 is 0 Å². The van der Waals surface area contributed by atoms with E-state index in [0.29, 0.717) is 28.9 Å². The first-order chi connectivity index (χ1) is 17.4. The first-order valence-electron chi connectivity index (χ1n) is 12.7. The molecule has 2 heterocycles. The molecule has 7 rings (SSSR count). The van der Waals surface area contributed by atoms with Crippen LogP contribution in [0.2, 0.25) is 0 Å². The Kier molecular flexibility index (Phi) is 5.22.